The van der Waals surface area contributed by atoms with Crippen LogP contribution in [0.4, 0.5) is 0 Å². The van der Waals surface area contributed by atoms with Gasteiger partial charge in [-0.3, -0.25) is 4.79 Å². The molecule has 0 aliphatic carbocycles. The van der Waals surface area contributed by atoms with Crippen LogP contribution in [0.15, 0.2) is 42.5 Å². The summed E-state index contributed by atoms with van der Waals surface area (Å²) in [5.74, 6) is 0.115. The third-order valence-corrected chi connectivity index (χ3v) is 5.58. The van der Waals surface area contributed by atoms with Crippen LogP contribution in [0.25, 0.3) is 0 Å². The maximum Gasteiger partial charge on any atom is 0.306 e. The number of ether oxygens (including phenoxy) is 2. The standard InChI is InChI=1S/C25H32O5/c1-2-3-4-5-6-7-8-13-24(28)29-23-17-18-11-9-10-12-22(18)30-25(23)19-14-15-20(26)21(27)16-19/h9-12,14-16,23,25-27H,2-8,13,17H2,1H3. The first-order valence-electron chi connectivity index (χ1n) is 11.0. The van der Waals surface area contributed by atoms with E-state index in [1.54, 1.807) is 6.07 Å². The molecule has 0 saturated heterocycles. The number of phenols is 2. The molecule has 0 saturated carbocycles. The van der Waals surface area contributed by atoms with E-state index in [0.29, 0.717) is 18.4 Å². The SMILES string of the molecule is CCCCCCCCCC(=O)OC1Cc2ccccc2OC1c1ccc(O)c(O)c1. The minimum Gasteiger partial charge on any atom is -0.504 e. The third kappa shape index (κ3) is 5.91. The van der Waals surface area contributed by atoms with Gasteiger partial charge in [0.1, 0.15) is 11.9 Å². The van der Waals surface area contributed by atoms with Crippen LogP contribution in [0, 0.1) is 0 Å². The predicted octanol–water partition coefficient (Wildman–Crippen LogP) is 5.83. The summed E-state index contributed by atoms with van der Waals surface area (Å²) in [5.41, 5.74) is 1.65. The summed E-state index contributed by atoms with van der Waals surface area (Å²) < 4.78 is 12.0. The molecule has 1 aliphatic rings. The molecule has 2 aromatic rings. The Morgan fingerprint density at radius 1 is 1.00 bits per heavy atom. The molecule has 0 fully saturated rings. The molecule has 0 amide bonds. The molecule has 2 N–H and O–H groups in total. The quantitative estimate of drug-likeness (QED) is 0.292. The number of benzene rings is 2. The van der Waals surface area contributed by atoms with E-state index in [2.05, 4.69) is 6.92 Å². The van der Waals surface area contributed by atoms with Crippen LogP contribution in [-0.4, -0.2) is 22.3 Å². The van der Waals surface area contributed by atoms with Crippen LogP contribution in [-0.2, 0) is 16.0 Å². The van der Waals surface area contributed by atoms with Crippen molar-refractivity contribution in [3.8, 4) is 17.2 Å². The number of phenolic OH excluding ortho intramolecular Hbond substituents is 2. The lowest BCUT2D eigenvalue weighted by molar-refractivity contribution is -0.155. The van der Waals surface area contributed by atoms with Gasteiger partial charge >= 0.3 is 5.97 Å². The summed E-state index contributed by atoms with van der Waals surface area (Å²) in [7, 11) is 0. The molecular formula is C25H32O5. The molecule has 1 heterocycles. The second-order valence-corrected chi connectivity index (χ2v) is 8.00. The molecule has 5 nitrogen and oxygen atoms in total. The molecule has 5 heteroatoms. The van der Waals surface area contributed by atoms with Crippen molar-refractivity contribution in [1.82, 2.24) is 0 Å². The first kappa shape index (κ1) is 22.0. The molecule has 2 aromatic carbocycles. The Morgan fingerprint density at radius 3 is 2.50 bits per heavy atom. The smallest absolute Gasteiger partial charge is 0.306 e. The Balaban J connectivity index is 1.61. The average Bonchev–Trinajstić information content (AvgIpc) is 2.74. The first-order chi connectivity index (χ1) is 14.6. The lowest BCUT2D eigenvalue weighted by Gasteiger charge is -2.33. The van der Waals surface area contributed by atoms with Crippen molar-refractivity contribution in [3.05, 3.63) is 53.6 Å². The topological polar surface area (TPSA) is 76.0 Å². The molecule has 162 valence electrons. The van der Waals surface area contributed by atoms with Crippen molar-refractivity contribution in [3.63, 3.8) is 0 Å². The van der Waals surface area contributed by atoms with Crippen molar-refractivity contribution >= 4 is 5.97 Å². The van der Waals surface area contributed by atoms with Gasteiger partial charge in [0.2, 0.25) is 0 Å². The van der Waals surface area contributed by atoms with E-state index in [0.717, 1.165) is 30.6 Å². The second kappa shape index (κ2) is 10.9. The molecule has 30 heavy (non-hydrogen) atoms. The number of unbranched alkanes of at least 4 members (excludes halogenated alkanes) is 6. The number of esters is 1. The summed E-state index contributed by atoms with van der Waals surface area (Å²) in [6.45, 7) is 2.20. The number of hydrogen-bond acceptors (Lipinski definition) is 5. The Labute approximate surface area is 178 Å². The number of fused-ring (bicyclic) bond motifs is 1. The van der Waals surface area contributed by atoms with E-state index < -0.39 is 12.2 Å². The lowest BCUT2D eigenvalue weighted by Crippen LogP contribution is -2.34. The number of carbonyl (C=O) groups is 1. The van der Waals surface area contributed by atoms with Crippen LogP contribution in [0.5, 0.6) is 17.2 Å². The van der Waals surface area contributed by atoms with Gasteiger partial charge in [0.05, 0.1) is 0 Å². The lowest BCUT2D eigenvalue weighted by atomic mass is 9.94. The van der Waals surface area contributed by atoms with Crippen molar-refractivity contribution in [1.29, 1.82) is 0 Å². The van der Waals surface area contributed by atoms with Gasteiger partial charge in [-0.25, -0.2) is 0 Å². The Kier molecular flexibility index (Phi) is 8.00. The van der Waals surface area contributed by atoms with E-state index in [-0.39, 0.29) is 17.5 Å². The molecular weight excluding hydrogens is 380 g/mol. The minimum absolute atomic E-state index is 0.192. The van der Waals surface area contributed by atoms with Crippen molar-refractivity contribution < 1.29 is 24.5 Å². The summed E-state index contributed by atoms with van der Waals surface area (Å²) in [5, 5.41) is 19.5. The van der Waals surface area contributed by atoms with Gasteiger partial charge in [-0.2, -0.15) is 0 Å². The molecule has 2 unspecified atom stereocenters. The Bertz CT molecular complexity index is 832. The molecule has 0 aromatic heterocycles. The van der Waals surface area contributed by atoms with Crippen molar-refractivity contribution in [2.45, 2.75) is 76.9 Å². The Morgan fingerprint density at radius 2 is 1.73 bits per heavy atom. The van der Waals surface area contributed by atoms with Crippen LogP contribution < -0.4 is 4.74 Å². The van der Waals surface area contributed by atoms with Gasteiger partial charge in [-0.1, -0.05) is 69.7 Å². The van der Waals surface area contributed by atoms with Crippen molar-refractivity contribution in [2.24, 2.45) is 0 Å². The van der Waals surface area contributed by atoms with Crippen LogP contribution in [0.3, 0.4) is 0 Å². The summed E-state index contributed by atoms with van der Waals surface area (Å²) in [6.07, 6.45) is 7.96. The maximum atomic E-state index is 12.5. The van der Waals surface area contributed by atoms with E-state index in [1.165, 1.54) is 37.8 Å². The monoisotopic (exact) mass is 412 g/mol. The highest BCUT2D eigenvalue weighted by molar-refractivity contribution is 5.69. The first-order valence-corrected chi connectivity index (χ1v) is 11.0. The number of aromatic hydroxyl groups is 2. The van der Waals surface area contributed by atoms with Gasteiger partial charge < -0.3 is 19.7 Å². The van der Waals surface area contributed by atoms with E-state index >= 15 is 0 Å². The molecule has 0 bridgehead atoms. The highest BCUT2D eigenvalue weighted by atomic mass is 16.6. The average molecular weight is 413 g/mol. The summed E-state index contributed by atoms with van der Waals surface area (Å²) >= 11 is 0. The zero-order valence-electron chi connectivity index (χ0n) is 17.7. The van der Waals surface area contributed by atoms with E-state index in [4.69, 9.17) is 9.47 Å². The van der Waals surface area contributed by atoms with E-state index in [1.807, 2.05) is 24.3 Å². The highest BCUT2D eigenvalue weighted by Crippen LogP contribution is 2.39. The zero-order valence-corrected chi connectivity index (χ0v) is 17.7. The number of carbonyl (C=O) groups excluding carboxylic acids is 1. The van der Waals surface area contributed by atoms with Crippen LogP contribution in [0.2, 0.25) is 0 Å². The third-order valence-electron chi connectivity index (χ3n) is 5.58. The fourth-order valence-corrected chi connectivity index (χ4v) is 3.88. The maximum absolute atomic E-state index is 12.5. The summed E-state index contributed by atoms with van der Waals surface area (Å²) in [6, 6.07) is 12.3. The summed E-state index contributed by atoms with van der Waals surface area (Å²) in [4.78, 5) is 12.5. The fraction of sp³-hybridized carbons (Fsp3) is 0.480. The van der Waals surface area contributed by atoms with Gasteiger partial charge in [0, 0.05) is 18.4 Å². The largest absolute Gasteiger partial charge is 0.504 e. The zero-order chi connectivity index (χ0) is 21.3. The number of hydrogen-bond donors (Lipinski definition) is 2. The fourth-order valence-electron chi connectivity index (χ4n) is 3.88. The Hall–Kier alpha value is -2.69. The van der Waals surface area contributed by atoms with Crippen LogP contribution in [0.1, 0.15) is 75.5 Å². The normalized spacial score (nSPS) is 17.8. The molecule has 0 spiro atoms. The second-order valence-electron chi connectivity index (χ2n) is 8.00. The molecule has 1 aliphatic heterocycles. The van der Waals surface area contributed by atoms with Gasteiger partial charge in [-0.15, -0.1) is 0 Å². The highest BCUT2D eigenvalue weighted by Gasteiger charge is 2.34. The predicted molar refractivity (Wildman–Crippen MR) is 116 cm³/mol. The molecule has 3 rings (SSSR count). The van der Waals surface area contributed by atoms with Gasteiger partial charge in [0.25, 0.3) is 0 Å². The van der Waals surface area contributed by atoms with E-state index in [9.17, 15) is 15.0 Å². The minimum atomic E-state index is -0.538. The molecule has 0 radical (unpaired) electrons. The number of para-hydroxylation sites is 1. The number of rotatable bonds is 10. The van der Waals surface area contributed by atoms with Crippen molar-refractivity contribution in [2.75, 3.05) is 0 Å². The van der Waals surface area contributed by atoms with Gasteiger partial charge in [-0.05, 0) is 30.2 Å². The van der Waals surface area contributed by atoms with Gasteiger partial charge in [0.15, 0.2) is 17.6 Å². The van der Waals surface area contributed by atoms with Crippen LogP contribution >= 0.6 is 0 Å². The molecule has 2 atom stereocenters.